The second-order valence-electron chi connectivity index (χ2n) is 2.86. The molecule has 0 atom stereocenters. The van der Waals surface area contributed by atoms with Crippen LogP contribution in [0.2, 0.25) is 0 Å². The fourth-order valence-electron chi connectivity index (χ4n) is 0.926. The largest absolute Gasteiger partial charge is 0.408 e. The Bertz CT molecular complexity index is 298. The number of anilines is 1. The third-order valence-corrected chi connectivity index (χ3v) is 1.58. The number of carbonyl (C=O) groups excluding carboxylic acids is 1. The molecule has 78 valence electrons. The molecule has 0 aliphatic carbocycles. The topological polar surface area (TPSA) is 88.2 Å². The van der Waals surface area contributed by atoms with E-state index >= 15 is 0 Å². The molecule has 1 heterocycles. The molecule has 0 aliphatic heterocycles. The van der Waals surface area contributed by atoms with Crippen LogP contribution in [0, 0.1) is 6.92 Å². The van der Waals surface area contributed by atoms with Gasteiger partial charge in [-0.2, -0.15) is 0 Å². The summed E-state index contributed by atoms with van der Waals surface area (Å²) in [5, 5.41) is 18.1. The predicted molar refractivity (Wildman–Crippen MR) is 48.6 cm³/mol. The van der Waals surface area contributed by atoms with E-state index in [0.29, 0.717) is 25.2 Å². The first-order valence-corrected chi connectivity index (χ1v) is 4.43. The maximum absolute atomic E-state index is 11.2. The van der Waals surface area contributed by atoms with Crippen molar-refractivity contribution in [1.82, 2.24) is 10.2 Å². The third-order valence-electron chi connectivity index (χ3n) is 1.58. The fraction of sp³-hybridized carbons (Fsp3) is 0.625. The molecule has 0 spiro atoms. The Balaban J connectivity index is 2.27. The van der Waals surface area contributed by atoms with Crippen molar-refractivity contribution in [2.45, 2.75) is 26.2 Å². The van der Waals surface area contributed by atoms with Crippen LogP contribution in [0.4, 0.5) is 6.01 Å². The first kappa shape index (κ1) is 10.6. The Labute approximate surface area is 81.3 Å². The summed E-state index contributed by atoms with van der Waals surface area (Å²) in [5.41, 5.74) is 0. The number of hydrogen-bond donors (Lipinski definition) is 2. The standard InChI is InChI=1S/C8H13N3O3/c1-6-10-11-8(14-6)9-7(13)4-2-3-5-12/h12H,2-5H2,1H3,(H,9,11,13). The van der Waals surface area contributed by atoms with E-state index in [2.05, 4.69) is 15.5 Å². The van der Waals surface area contributed by atoms with Crippen LogP contribution in [0.5, 0.6) is 0 Å². The van der Waals surface area contributed by atoms with Gasteiger partial charge in [0, 0.05) is 20.0 Å². The average molecular weight is 199 g/mol. The van der Waals surface area contributed by atoms with Crippen LogP contribution in [0.3, 0.4) is 0 Å². The highest BCUT2D eigenvalue weighted by molar-refractivity contribution is 5.88. The minimum Gasteiger partial charge on any atom is -0.408 e. The number of hydrogen-bond acceptors (Lipinski definition) is 5. The van der Waals surface area contributed by atoms with Gasteiger partial charge in [0.15, 0.2) is 0 Å². The van der Waals surface area contributed by atoms with Crippen LogP contribution in [0.1, 0.15) is 25.2 Å². The van der Waals surface area contributed by atoms with Crippen LogP contribution in [0.15, 0.2) is 4.42 Å². The summed E-state index contributed by atoms with van der Waals surface area (Å²) < 4.78 is 4.96. The van der Waals surface area contributed by atoms with Gasteiger partial charge >= 0.3 is 6.01 Å². The summed E-state index contributed by atoms with van der Waals surface area (Å²) >= 11 is 0. The van der Waals surface area contributed by atoms with Gasteiger partial charge in [0.25, 0.3) is 0 Å². The molecule has 0 bridgehead atoms. The number of rotatable bonds is 5. The number of unbranched alkanes of at least 4 members (excludes halogenated alkanes) is 1. The molecule has 1 aromatic rings. The highest BCUT2D eigenvalue weighted by Crippen LogP contribution is 2.05. The predicted octanol–water partition coefficient (Wildman–Crippen LogP) is 0.479. The molecule has 0 unspecified atom stereocenters. The maximum Gasteiger partial charge on any atom is 0.322 e. The van der Waals surface area contributed by atoms with Gasteiger partial charge in [-0.25, -0.2) is 0 Å². The van der Waals surface area contributed by atoms with E-state index in [4.69, 9.17) is 9.52 Å². The summed E-state index contributed by atoms with van der Waals surface area (Å²) in [7, 11) is 0. The molecule has 1 amide bonds. The SMILES string of the molecule is Cc1nnc(NC(=O)CCCCO)o1. The van der Waals surface area contributed by atoms with Crippen LogP contribution >= 0.6 is 0 Å². The zero-order valence-corrected chi connectivity index (χ0v) is 7.99. The molecule has 14 heavy (non-hydrogen) atoms. The van der Waals surface area contributed by atoms with E-state index in [1.54, 1.807) is 6.92 Å². The van der Waals surface area contributed by atoms with Crippen LogP contribution < -0.4 is 5.32 Å². The molecule has 6 nitrogen and oxygen atoms in total. The summed E-state index contributed by atoms with van der Waals surface area (Å²) in [6.45, 7) is 1.75. The smallest absolute Gasteiger partial charge is 0.322 e. The van der Waals surface area contributed by atoms with E-state index in [1.807, 2.05) is 0 Å². The normalized spacial score (nSPS) is 10.1. The first-order valence-electron chi connectivity index (χ1n) is 4.43. The molecule has 0 aromatic carbocycles. The fourth-order valence-corrected chi connectivity index (χ4v) is 0.926. The number of aliphatic hydroxyl groups is 1. The number of aryl methyl sites for hydroxylation is 1. The number of carbonyl (C=O) groups is 1. The maximum atomic E-state index is 11.2. The van der Waals surface area contributed by atoms with E-state index in [0.717, 1.165) is 0 Å². The Hall–Kier alpha value is -1.43. The second kappa shape index (κ2) is 5.33. The lowest BCUT2D eigenvalue weighted by molar-refractivity contribution is -0.116. The zero-order valence-electron chi connectivity index (χ0n) is 7.99. The molecule has 6 heteroatoms. The van der Waals surface area contributed by atoms with Crippen molar-refractivity contribution in [2.75, 3.05) is 11.9 Å². The van der Waals surface area contributed by atoms with Gasteiger partial charge in [-0.15, -0.1) is 5.10 Å². The number of aromatic nitrogens is 2. The summed E-state index contributed by atoms with van der Waals surface area (Å²) in [5.74, 6) is 0.234. The number of amides is 1. The van der Waals surface area contributed by atoms with Gasteiger partial charge in [-0.05, 0) is 12.8 Å². The van der Waals surface area contributed by atoms with Crippen LogP contribution in [-0.4, -0.2) is 27.8 Å². The highest BCUT2D eigenvalue weighted by Gasteiger charge is 2.06. The molecular weight excluding hydrogens is 186 g/mol. The zero-order chi connectivity index (χ0) is 10.4. The van der Waals surface area contributed by atoms with Crippen LogP contribution in [0.25, 0.3) is 0 Å². The quantitative estimate of drug-likeness (QED) is 0.673. The van der Waals surface area contributed by atoms with Crippen molar-refractivity contribution in [3.8, 4) is 0 Å². The average Bonchev–Trinajstić information content (AvgIpc) is 2.52. The second-order valence-corrected chi connectivity index (χ2v) is 2.86. The molecule has 0 saturated carbocycles. The van der Waals surface area contributed by atoms with Crippen LogP contribution in [-0.2, 0) is 4.79 Å². The Kier molecular flexibility index (Phi) is 4.06. The molecule has 0 aliphatic rings. The van der Waals surface area contributed by atoms with Crippen molar-refractivity contribution < 1.29 is 14.3 Å². The lowest BCUT2D eigenvalue weighted by Crippen LogP contribution is -2.11. The van der Waals surface area contributed by atoms with Gasteiger partial charge in [0.2, 0.25) is 11.8 Å². The van der Waals surface area contributed by atoms with E-state index in [-0.39, 0.29) is 18.5 Å². The van der Waals surface area contributed by atoms with Gasteiger partial charge < -0.3 is 9.52 Å². The molecule has 2 N–H and O–H groups in total. The number of nitrogens with zero attached hydrogens (tertiary/aromatic N) is 2. The molecule has 1 aromatic heterocycles. The molecule has 0 fully saturated rings. The van der Waals surface area contributed by atoms with Gasteiger partial charge in [0.1, 0.15) is 0 Å². The Morgan fingerprint density at radius 2 is 2.29 bits per heavy atom. The van der Waals surface area contributed by atoms with E-state index < -0.39 is 0 Å². The van der Waals surface area contributed by atoms with Crippen molar-refractivity contribution in [1.29, 1.82) is 0 Å². The molecule has 0 radical (unpaired) electrons. The summed E-state index contributed by atoms with van der Waals surface area (Å²) in [6.07, 6.45) is 1.62. The lowest BCUT2D eigenvalue weighted by atomic mass is 10.2. The summed E-state index contributed by atoms with van der Waals surface area (Å²) in [4.78, 5) is 11.2. The van der Waals surface area contributed by atoms with Crippen molar-refractivity contribution >= 4 is 11.9 Å². The molecular formula is C8H13N3O3. The monoisotopic (exact) mass is 199 g/mol. The van der Waals surface area contributed by atoms with E-state index in [1.165, 1.54) is 0 Å². The molecule has 1 rings (SSSR count). The van der Waals surface area contributed by atoms with Gasteiger partial charge in [-0.1, -0.05) is 5.10 Å². The minimum atomic E-state index is -0.179. The van der Waals surface area contributed by atoms with Gasteiger partial charge in [-0.3, -0.25) is 10.1 Å². The van der Waals surface area contributed by atoms with E-state index in [9.17, 15) is 4.79 Å². The third kappa shape index (κ3) is 3.53. The Morgan fingerprint density at radius 3 is 2.86 bits per heavy atom. The van der Waals surface area contributed by atoms with Crippen molar-refractivity contribution in [3.05, 3.63) is 5.89 Å². The number of aliphatic hydroxyl groups excluding tert-OH is 1. The van der Waals surface area contributed by atoms with Crippen molar-refractivity contribution in [2.24, 2.45) is 0 Å². The van der Waals surface area contributed by atoms with Gasteiger partial charge in [0.05, 0.1) is 0 Å². The first-order chi connectivity index (χ1) is 6.72. The lowest BCUT2D eigenvalue weighted by Gasteiger charge is -1.98. The molecule has 0 saturated heterocycles. The number of nitrogens with one attached hydrogen (secondary N) is 1. The highest BCUT2D eigenvalue weighted by atomic mass is 16.4. The summed E-state index contributed by atoms with van der Waals surface area (Å²) in [6, 6.07) is 0.122. The Morgan fingerprint density at radius 1 is 1.50 bits per heavy atom. The minimum absolute atomic E-state index is 0.104. The van der Waals surface area contributed by atoms with Crippen molar-refractivity contribution in [3.63, 3.8) is 0 Å².